The van der Waals surface area contributed by atoms with E-state index >= 15 is 0 Å². The van der Waals surface area contributed by atoms with E-state index in [2.05, 4.69) is 4.72 Å². The van der Waals surface area contributed by atoms with Crippen molar-refractivity contribution in [2.45, 2.75) is 46.2 Å². The summed E-state index contributed by atoms with van der Waals surface area (Å²) < 4.78 is 28.0. The highest BCUT2D eigenvalue weighted by Gasteiger charge is 2.34. The molecule has 98 valence electrons. The molecule has 0 amide bonds. The molecule has 0 bridgehead atoms. The van der Waals surface area contributed by atoms with Crippen molar-refractivity contribution in [3.8, 4) is 0 Å². The number of nitrogens with zero attached hydrogens (tertiary/aromatic N) is 1. The van der Waals surface area contributed by atoms with Gasteiger partial charge < -0.3 is 5.73 Å². The Morgan fingerprint density at radius 1 is 1.31 bits per heavy atom. The summed E-state index contributed by atoms with van der Waals surface area (Å²) >= 11 is 0. The maximum Gasteiger partial charge on any atom is 0.279 e. The number of nitrogens with two attached hydrogens (primary N) is 1. The molecule has 0 aliphatic heterocycles. The molecule has 0 aliphatic carbocycles. The minimum atomic E-state index is -3.47. The van der Waals surface area contributed by atoms with Crippen LogP contribution in [0.5, 0.6) is 0 Å². The molecule has 0 rings (SSSR count). The van der Waals surface area contributed by atoms with Crippen LogP contribution in [0, 0.1) is 5.92 Å². The molecule has 0 radical (unpaired) electrons. The van der Waals surface area contributed by atoms with E-state index in [9.17, 15) is 8.42 Å². The number of nitrogens with one attached hydrogen (secondary N) is 1. The van der Waals surface area contributed by atoms with Gasteiger partial charge in [-0.15, -0.1) is 0 Å². The Hall–Kier alpha value is -0.170. The van der Waals surface area contributed by atoms with Gasteiger partial charge in [0, 0.05) is 25.2 Å². The van der Waals surface area contributed by atoms with Crippen molar-refractivity contribution in [3.63, 3.8) is 0 Å². The zero-order valence-corrected chi connectivity index (χ0v) is 11.9. The zero-order chi connectivity index (χ0) is 13.1. The quantitative estimate of drug-likeness (QED) is 0.723. The fraction of sp³-hybridized carbons (Fsp3) is 1.00. The summed E-state index contributed by atoms with van der Waals surface area (Å²) in [6.45, 7) is 9.65. The molecule has 6 heteroatoms. The number of hydrogen-bond donors (Lipinski definition) is 2. The summed E-state index contributed by atoms with van der Waals surface area (Å²) in [6.07, 6.45) is 0. The lowest BCUT2D eigenvalue weighted by Gasteiger charge is -2.35. The molecule has 0 fully saturated rings. The van der Waals surface area contributed by atoms with Crippen LogP contribution in [0.2, 0.25) is 0 Å². The molecule has 0 heterocycles. The maximum absolute atomic E-state index is 12.0. The van der Waals surface area contributed by atoms with E-state index < -0.39 is 15.7 Å². The van der Waals surface area contributed by atoms with Gasteiger partial charge in [-0.3, -0.25) is 0 Å². The van der Waals surface area contributed by atoms with Crippen LogP contribution in [0.25, 0.3) is 0 Å². The second-order valence-electron chi connectivity index (χ2n) is 4.99. The summed E-state index contributed by atoms with van der Waals surface area (Å²) in [4.78, 5) is 0. The largest absolute Gasteiger partial charge is 0.329 e. The summed E-state index contributed by atoms with van der Waals surface area (Å²) in [6, 6.07) is -0.0771. The first kappa shape index (κ1) is 15.8. The highest BCUT2D eigenvalue weighted by atomic mass is 32.2. The Labute approximate surface area is 99.6 Å². The third-order valence-corrected chi connectivity index (χ3v) is 5.07. The summed E-state index contributed by atoms with van der Waals surface area (Å²) in [5, 5.41) is 0. The number of hydrogen-bond acceptors (Lipinski definition) is 3. The van der Waals surface area contributed by atoms with Crippen molar-refractivity contribution >= 4 is 10.2 Å². The first-order valence-electron chi connectivity index (χ1n) is 5.54. The van der Waals surface area contributed by atoms with Crippen molar-refractivity contribution in [2.75, 3.05) is 13.6 Å². The third-order valence-electron chi connectivity index (χ3n) is 3.17. The van der Waals surface area contributed by atoms with Crippen LogP contribution in [0.1, 0.15) is 34.6 Å². The molecule has 0 aromatic carbocycles. The topological polar surface area (TPSA) is 75.4 Å². The molecule has 0 aromatic rings. The van der Waals surface area contributed by atoms with Gasteiger partial charge in [0.15, 0.2) is 0 Å². The summed E-state index contributed by atoms with van der Waals surface area (Å²) in [5.74, 6) is 0.132. The lowest BCUT2D eigenvalue weighted by Crippen LogP contribution is -2.58. The van der Waals surface area contributed by atoms with Crippen LogP contribution in [-0.4, -0.2) is 37.9 Å². The lowest BCUT2D eigenvalue weighted by atomic mass is 9.90. The van der Waals surface area contributed by atoms with E-state index in [1.807, 2.05) is 34.6 Å². The Bertz CT molecular complexity index is 314. The van der Waals surface area contributed by atoms with Crippen molar-refractivity contribution in [1.82, 2.24) is 9.03 Å². The van der Waals surface area contributed by atoms with E-state index in [1.54, 1.807) is 7.05 Å². The normalized spacial score (nSPS) is 17.1. The lowest BCUT2D eigenvalue weighted by molar-refractivity contribution is 0.299. The van der Waals surface area contributed by atoms with Gasteiger partial charge in [-0.2, -0.15) is 17.4 Å². The van der Waals surface area contributed by atoms with Crippen molar-refractivity contribution in [2.24, 2.45) is 11.7 Å². The fourth-order valence-electron chi connectivity index (χ4n) is 1.04. The second kappa shape index (κ2) is 5.44. The standard InChI is InChI=1S/C10H25N3O2S/c1-8(2)10(5,7-11)12-16(14,15)13(6)9(3)4/h8-9,12H,7,11H2,1-6H3. The molecule has 1 atom stereocenters. The van der Waals surface area contributed by atoms with Crippen LogP contribution in [-0.2, 0) is 10.2 Å². The minimum Gasteiger partial charge on any atom is -0.329 e. The molecule has 0 aromatic heterocycles. The zero-order valence-electron chi connectivity index (χ0n) is 11.1. The highest BCUT2D eigenvalue weighted by molar-refractivity contribution is 7.87. The van der Waals surface area contributed by atoms with Crippen LogP contribution >= 0.6 is 0 Å². The third kappa shape index (κ3) is 3.69. The molecule has 0 saturated carbocycles. The van der Waals surface area contributed by atoms with Crippen LogP contribution < -0.4 is 10.5 Å². The van der Waals surface area contributed by atoms with Gasteiger partial charge in [-0.25, -0.2) is 0 Å². The van der Waals surface area contributed by atoms with E-state index in [-0.39, 0.29) is 18.5 Å². The molecule has 1 unspecified atom stereocenters. The fourth-order valence-corrected chi connectivity index (χ4v) is 2.65. The Balaban J connectivity index is 4.96. The Morgan fingerprint density at radius 3 is 2.00 bits per heavy atom. The van der Waals surface area contributed by atoms with Crippen molar-refractivity contribution in [1.29, 1.82) is 0 Å². The number of rotatable bonds is 6. The Kier molecular flexibility index (Phi) is 5.38. The van der Waals surface area contributed by atoms with Crippen LogP contribution in [0.3, 0.4) is 0 Å². The Morgan fingerprint density at radius 2 is 1.75 bits per heavy atom. The van der Waals surface area contributed by atoms with Crippen LogP contribution in [0.4, 0.5) is 0 Å². The SMILES string of the molecule is CC(C)N(C)S(=O)(=O)NC(C)(CN)C(C)C. The van der Waals surface area contributed by atoms with E-state index in [0.29, 0.717) is 0 Å². The van der Waals surface area contributed by atoms with Gasteiger partial charge in [0.25, 0.3) is 10.2 Å². The monoisotopic (exact) mass is 251 g/mol. The molecular weight excluding hydrogens is 226 g/mol. The van der Waals surface area contributed by atoms with E-state index in [1.165, 1.54) is 4.31 Å². The molecule has 0 spiro atoms. The molecule has 3 N–H and O–H groups in total. The first-order valence-corrected chi connectivity index (χ1v) is 6.98. The van der Waals surface area contributed by atoms with Gasteiger partial charge in [0.1, 0.15) is 0 Å². The molecular formula is C10H25N3O2S. The predicted molar refractivity (Wildman–Crippen MR) is 67.3 cm³/mol. The van der Waals surface area contributed by atoms with Crippen molar-refractivity contribution < 1.29 is 8.42 Å². The van der Waals surface area contributed by atoms with Crippen molar-refractivity contribution in [3.05, 3.63) is 0 Å². The average molecular weight is 251 g/mol. The first-order chi connectivity index (χ1) is 7.07. The predicted octanol–water partition coefficient (Wildman–Crippen LogP) is 0.534. The van der Waals surface area contributed by atoms with E-state index in [4.69, 9.17) is 5.73 Å². The summed E-state index contributed by atoms with van der Waals surface area (Å²) in [5.41, 5.74) is 5.04. The van der Waals surface area contributed by atoms with E-state index in [0.717, 1.165) is 0 Å². The molecule has 0 aliphatic rings. The summed E-state index contributed by atoms with van der Waals surface area (Å²) in [7, 11) is -1.91. The highest BCUT2D eigenvalue weighted by Crippen LogP contribution is 2.17. The van der Waals surface area contributed by atoms with Gasteiger partial charge in [-0.05, 0) is 26.7 Å². The van der Waals surface area contributed by atoms with Crippen LogP contribution in [0.15, 0.2) is 0 Å². The molecule has 5 nitrogen and oxygen atoms in total. The smallest absolute Gasteiger partial charge is 0.279 e. The van der Waals surface area contributed by atoms with Gasteiger partial charge in [-0.1, -0.05) is 13.8 Å². The maximum atomic E-state index is 12.0. The van der Waals surface area contributed by atoms with Gasteiger partial charge >= 0.3 is 0 Å². The average Bonchev–Trinajstić information content (AvgIpc) is 2.15. The minimum absolute atomic E-state index is 0.0771. The second-order valence-corrected chi connectivity index (χ2v) is 6.72. The van der Waals surface area contributed by atoms with Gasteiger partial charge in [0.05, 0.1) is 0 Å². The van der Waals surface area contributed by atoms with Gasteiger partial charge in [0.2, 0.25) is 0 Å². The molecule has 16 heavy (non-hydrogen) atoms. The molecule has 0 saturated heterocycles.